The normalized spacial score (nSPS) is 25.8. The van der Waals surface area contributed by atoms with Gasteiger partial charge >= 0.3 is 0 Å². The topological polar surface area (TPSA) is 89.0 Å². The zero-order valence-electron chi connectivity index (χ0n) is 18.7. The van der Waals surface area contributed by atoms with Crippen molar-refractivity contribution in [2.24, 2.45) is 11.3 Å². The number of carbonyl (C=O) groups is 3. The van der Waals surface area contributed by atoms with E-state index in [1.165, 1.54) is 0 Å². The fourth-order valence-corrected chi connectivity index (χ4v) is 5.58. The maximum absolute atomic E-state index is 13.3. The number of amides is 1. The Morgan fingerprint density at radius 3 is 2.06 bits per heavy atom. The minimum absolute atomic E-state index is 0.0285. The summed E-state index contributed by atoms with van der Waals surface area (Å²) in [6.07, 6.45) is 5.89. The summed E-state index contributed by atoms with van der Waals surface area (Å²) in [6.45, 7) is 3.77. The maximum Gasteiger partial charge on any atom is 0.222 e. The zero-order valence-corrected chi connectivity index (χ0v) is 18.7. The highest BCUT2D eigenvalue weighted by atomic mass is 19.1. The molecule has 0 atom stereocenters. The third-order valence-electron chi connectivity index (χ3n) is 7.17. The summed E-state index contributed by atoms with van der Waals surface area (Å²) in [5, 5.41) is 2.70. The van der Waals surface area contributed by atoms with Crippen LogP contribution in [0, 0.1) is 31.0 Å². The number of carbonyl (C=O) groups excluding carboxylic acids is 3. The van der Waals surface area contributed by atoms with Gasteiger partial charge in [-0.25, -0.2) is 14.4 Å². The van der Waals surface area contributed by atoms with E-state index in [9.17, 15) is 18.8 Å². The van der Waals surface area contributed by atoms with Crippen molar-refractivity contribution in [2.75, 3.05) is 7.05 Å². The number of halogens is 1. The second kappa shape index (κ2) is 8.52. The van der Waals surface area contributed by atoms with Gasteiger partial charge < -0.3 is 5.32 Å². The molecule has 1 heterocycles. The van der Waals surface area contributed by atoms with Crippen molar-refractivity contribution in [1.29, 1.82) is 0 Å². The Labute approximate surface area is 187 Å². The third kappa shape index (κ3) is 4.08. The Hall–Kier alpha value is -2.96. The number of nitrogens with zero attached hydrogens (tertiary/aromatic N) is 2. The highest BCUT2D eigenvalue weighted by molar-refractivity contribution is 6.10. The largest absolute Gasteiger partial charge is 0.359 e. The highest BCUT2D eigenvalue weighted by Gasteiger charge is 2.48. The summed E-state index contributed by atoms with van der Waals surface area (Å²) >= 11 is 0. The Kier molecular flexibility index (Phi) is 5.93. The lowest BCUT2D eigenvalue weighted by molar-refractivity contribution is -0.138. The molecule has 1 aromatic carbocycles. The van der Waals surface area contributed by atoms with Crippen molar-refractivity contribution in [3.05, 3.63) is 47.0 Å². The molecule has 6 nitrogen and oxygen atoms in total. The van der Waals surface area contributed by atoms with E-state index in [1.54, 1.807) is 7.05 Å². The van der Waals surface area contributed by atoms with E-state index in [0.717, 1.165) is 60.3 Å². The van der Waals surface area contributed by atoms with Gasteiger partial charge in [0.25, 0.3) is 0 Å². The molecule has 1 aromatic heterocycles. The average Bonchev–Trinajstić information content (AvgIpc) is 2.75. The van der Waals surface area contributed by atoms with E-state index >= 15 is 0 Å². The predicted molar refractivity (Wildman–Crippen MR) is 117 cm³/mol. The smallest absolute Gasteiger partial charge is 0.222 e. The molecule has 7 heteroatoms. The molecule has 1 spiro atoms. The summed E-state index contributed by atoms with van der Waals surface area (Å²) in [6, 6.07) is 3.71. The fraction of sp³-hybridized carbons (Fsp3) is 0.480. The van der Waals surface area contributed by atoms with Crippen LogP contribution in [0.4, 0.5) is 4.39 Å². The number of benzene rings is 1. The first-order valence-electron chi connectivity index (χ1n) is 11.1. The van der Waals surface area contributed by atoms with E-state index in [-0.39, 0.29) is 28.8 Å². The van der Waals surface area contributed by atoms with Crippen LogP contribution < -0.4 is 5.32 Å². The molecule has 2 aliphatic carbocycles. The first-order valence-corrected chi connectivity index (χ1v) is 11.1. The second-order valence-corrected chi connectivity index (χ2v) is 9.36. The van der Waals surface area contributed by atoms with Crippen molar-refractivity contribution >= 4 is 17.5 Å². The molecule has 168 valence electrons. The van der Waals surface area contributed by atoms with Gasteiger partial charge in [0.15, 0.2) is 11.6 Å². The molecule has 1 N–H and O–H groups in total. The number of Topliss-reactive ketones (excluding diaryl/α,β-unsaturated/α-hetero) is 2. The number of rotatable bonds is 3. The number of nitrogens with one attached hydrogen (secondary N) is 1. The quantitative estimate of drug-likeness (QED) is 0.737. The van der Waals surface area contributed by atoms with Gasteiger partial charge in [0.1, 0.15) is 17.5 Å². The molecule has 0 radical (unpaired) electrons. The van der Waals surface area contributed by atoms with E-state index in [0.29, 0.717) is 18.7 Å². The van der Waals surface area contributed by atoms with Crippen LogP contribution in [0.5, 0.6) is 0 Å². The highest BCUT2D eigenvalue weighted by Crippen LogP contribution is 2.50. The van der Waals surface area contributed by atoms with Crippen LogP contribution in [0.15, 0.2) is 24.5 Å². The standard InChI is InChI=1S/C25H28FN3O3/c1-14-8-17(23-28-12-18(26)13-29-23)9-15(2)21(14)22-19(30)10-25(11-20(22)31)6-4-16(5-7-25)24(32)27-3/h8-9,12-13,16,22H,4-7,10-11H2,1-3H3,(H,27,32). The van der Waals surface area contributed by atoms with Crippen LogP contribution in [-0.2, 0) is 14.4 Å². The van der Waals surface area contributed by atoms with E-state index in [4.69, 9.17) is 0 Å². The number of hydrogen-bond acceptors (Lipinski definition) is 5. The van der Waals surface area contributed by atoms with E-state index in [1.807, 2.05) is 26.0 Å². The Morgan fingerprint density at radius 2 is 1.56 bits per heavy atom. The van der Waals surface area contributed by atoms with Crippen molar-refractivity contribution in [2.45, 2.75) is 58.3 Å². The molecule has 0 unspecified atom stereocenters. The summed E-state index contributed by atoms with van der Waals surface area (Å²) < 4.78 is 13.2. The van der Waals surface area contributed by atoms with Gasteiger partial charge in [-0.2, -0.15) is 0 Å². The van der Waals surface area contributed by atoms with Crippen LogP contribution in [0.25, 0.3) is 11.4 Å². The molecule has 1 amide bonds. The minimum Gasteiger partial charge on any atom is -0.359 e. The van der Waals surface area contributed by atoms with Gasteiger partial charge in [0.05, 0.1) is 12.4 Å². The molecule has 2 aliphatic rings. The van der Waals surface area contributed by atoms with Gasteiger partial charge in [0.2, 0.25) is 5.91 Å². The van der Waals surface area contributed by atoms with Crippen LogP contribution in [0.1, 0.15) is 61.1 Å². The molecule has 2 saturated carbocycles. The van der Waals surface area contributed by atoms with Crippen LogP contribution in [-0.4, -0.2) is 34.5 Å². The van der Waals surface area contributed by atoms with Gasteiger partial charge in [-0.1, -0.05) is 0 Å². The van der Waals surface area contributed by atoms with E-state index < -0.39 is 11.7 Å². The number of aromatic nitrogens is 2. The maximum atomic E-state index is 13.3. The van der Waals surface area contributed by atoms with Crippen LogP contribution in [0.2, 0.25) is 0 Å². The molecular formula is C25H28FN3O3. The first-order chi connectivity index (χ1) is 15.2. The summed E-state index contributed by atoms with van der Waals surface area (Å²) in [7, 11) is 1.64. The number of hydrogen-bond donors (Lipinski definition) is 1. The van der Waals surface area contributed by atoms with E-state index in [2.05, 4.69) is 15.3 Å². The molecule has 32 heavy (non-hydrogen) atoms. The molecule has 0 bridgehead atoms. The lowest BCUT2D eigenvalue weighted by Gasteiger charge is -2.43. The van der Waals surface area contributed by atoms with Crippen molar-refractivity contribution in [3.63, 3.8) is 0 Å². The molecule has 2 aromatic rings. The predicted octanol–water partition coefficient (Wildman–Crippen LogP) is 3.84. The summed E-state index contributed by atoms with van der Waals surface area (Å²) in [5.74, 6) is -0.900. The minimum atomic E-state index is -0.750. The Bertz CT molecular complexity index is 1030. The van der Waals surface area contributed by atoms with Gasteiger partial charge in [-0.15, -0.1) is 0 Å². The average molecular weight is 438 g/mol. The molecule has 4 rings (SSSR count). The molecule has 0 aliphatic heterocycles. The second-order valence-electron chi connectivity index (χ2n) is 9.36. The van der Waals surface area contributed by atoms with Gasteiger partial charge in [-0.3, -0.25) is 14.4 Å². The first kappa shape index (κ1) is 22.2. The monoisotopic (exact) mass is 437 g/mol. The van der Waals surface area contributed by atoms with Crippen LogP contribution >= 0.6 is 0 Å². The summed E-state index contributed by atoms with van der Waals surface area (Å²) in [5.41, 5.74) is 2.85. The lowest BCUT2D eigenvalue weighted by atomic mass is 9.59. The fourth-order valence-electron chi connectivity index (χ4n) is 5.58. The lowest BCUT2D eigenvalue weighted by Crippen LogP contribution is -2.43. The van der Waals surface area contributed by atoms with Crippen molar-refractivity contribution in [1.82, 2.24) is 15.3 Å². The van der Waals surface area contributed by atoms with Crippen molar-refractivity contribution in [3.8, 4) is 11.4 Å². The van der Waals surface area contributed by atoms with Gasteiger partial charge in [0, 0.05) is 31.4 Å². The molecule has 2 fully saturated rings. The SMILES string of the molecule is CNC(=O)C1CCC2(CC1)CC(=O)C(c1c(C)cc(-c3ncc(F)cn3)cc1C)C(=O)C2. The molecular weight excluding hydrogens is 409 g/mol. The van der Waals surface area contributed by atoms with Crippen LogP contribution in [0.3, 0.4) is 0 Å². The third-order valence-corrected chi connectivity index (χ3v) is 7.17. The number of aryl methyl sites for hydroxylation is 2. The zero-order chi connectivity index (χ0) is 23.0. The molecule has 0 saturated heterocycles. The summed E-state index contributed by atoms with van der Waals surface area (Å²) in [4.78, 5) is 46.6. The Morgan fingerprint density at radius 1 is 1.03 bits per heavy atom. The Balaban J connectivity index is 1.56. The number of ketones is 2. The van der Waals surface area contributed by atoms with Crippen molar-refractivity contribution < 1.29 is 18.8 Å². The van der Waals surface area contributed by atoms with Gasteiger partial charge in [-0.05, 0) is 73.8 Å².